The Hall–Kier alpha value is -3.54. The summed E-state index contributed by atoms with van der Waals surface area (Å²) in [5.74, 6) is -0.380. The molecule has 0 aliphatic heterocycles. The van der Waals surface area contributed by atoms with E-state index in [0.29, 0.717) is 42.6 Å². The van der Waals surface area contributed by atoms with E-state index >= 15 is 0 Å². The Morgan fingerprint density at radius 2 is 1.92 bits per heavy atom. The summed E-state index contributed by atoms with van der Waals surface area (Å²) in [5.41, 5.74) is 9.09. The minimum absolute atomic E-state index is 0.0811. The summed E-state index contributed by atoms with van der Waals surface area (Å²) < 4.78 is 50.9. The van der Waals surface area contributed by atoms with Crippen molar-refractivity contribution in [2.24, 2.45) is 0 Å². The van der Waals surface area contributed by atoms with Crippen LogP contribution in [0.25, 0.3) is 28.2 Å². The Balaban J connectivity index is 1.57. The van der Waals surface area contributed by atoms with E-state index in [1.54, 1.807) is 47.1 Å². The van der Waals surface area contributed by atoms with E-state index in [1.807, 2.05) is 6.92 Å². The minimum atomic E-state index is -3.80. The normalized spacial score (nSPS) is 18.3. The fourth-order valence-electron chi connectivity index (χ4n) is 4.73. The average Bonchev–Trinajstić information content (AvgIpc) is 3.30. The number of nitrogen functional groups attached to an aromatic ring is 1. The molecule has 2 heterocycles. The number of ether oxygens (including phenoxy) is 1. The minimum Gasteiger partial charge on any atom is -0.494 e. The van der Waals surface area contributed by atoms with Crippen LogP contribution in [0.2, 0.25) is 0 Å². The van der Waals surface area contributed by atoms with Crippen molar-refractivity contribution >= 4 is 21.5 Å². The zero-order chi connectivity index (χ0) is 26.3. The molecule has 0 bridgehead atoms. The Morgan fingerprint density at radius 1 is 1.16 bits per heavy atom. The number of hydrogen-bond donors (Lipinski definition) is 3. The number of sulfonamides is 1. The summed E-state index contributed by atoms with van der Waals surface area (Å²) in [6.45, 7) is 1.87. The summed E-state index contributed by atoms with van der Waals surface area (Å²) in [6.07, 6.45) is 5.15. The van der Waals surface area contributed by atoms with Crippen molar-refractivity contribution in [3.05, 3.63) is 60.2 Å². The summed E-state index contributed by atoms with van der Waals surface area (Å²) >= 11 is 0. The van der Waals surface area contributed by atoms with Crippen LogP contribution in [-0.4, -0.2) is 47.1 Å². The first-order valence-electron chi connectivity index (χ1n) is 12.0. The highest BCUT2D eigenvalue weighted by atomic mass is 32.2. The molecule has 9 nitrogen and oxygen atoms in total. The average molecular weight is 526 g/mol. The largest absolute Gasteiger partial charge is 0.494 e. The van der Waals surface area contributed by atoms with Crippen LogP contribution in [0.4, 0.5) is 10.2 Å². The number of anilines is 1. The molecule has 4 N–H and O–H groups in total. The van der Waals surface area contributed by atoms with Crippen molar-refractivity contribution < 1.29 is 22.7 Å². The Labute approximate surface area is 214 Å². The molecule has 1 saturated carbocycles. The summed E-state index contributed by atoms with van der Waals surface area (Å²) in [5, 5.41) is 9.73. The summed E-state index contributed by atoms with van der Waals surface area (Å²) in [4.78, 5) is 8.85. The number of aliphatic hydroxyl groups excluding tert-OH is 1. The number of halogens is 1. The lowest BCUT2D eigenvalue weighted by molar-refractivity contribution is 0.120. The van der Waals surface area contributed by atoms with Crippen LogP contribution in [-0.2, 0) is 10.0 Å². The molecule has 5 rings (SSSR count). The quantitative estimate of drug-likeness (QED) is 0.350. The number of benzene rings is 2. The molecular formula is C26H28FN5O4S. The lowest BCUT2D eigenvalue weighted by Crippen LogP contribution is -2.38. The zero-order valence-corrected chi connectivity index (χ0v) is 21.3. The smallest absolute Gasteiger partial charge is 0.240 e. The SMILES string of the molecule is COc1cccc(-c2cn3c(-c4cc(S(=O)(=O)N[C@H]5CC[C@H](O)CC5)ccc4C)cnc3c(N)n2)c1F. The second-order valence-corrected chi connectivity index (χ2v) is 11.0. The maximum absolute atomic E-state index is 15.0. The zero-order valence-electron chi connectivity index (χ0n) is 20.5. The van der Waals surface area contributed by atoms with Gasteiger partial charge in [-0.2, -0.15) is 0 Å². The predicted octanol–water partition coefficient (Wildman–Crippen LogP) is 3.68. The molecular weight excluding hydrogens is 497 g/mol. The Kier molecular flexibility index (Phi) is 6.61. The number of aryl methyl sites for hydroxylation is 1. The van der Waals surface area contributed by atoms with Crippen molar-refractivity contribution in [3.8, 4) is 28.3 Å². The van der Waals surface area contributed by atoms with Gasteiger partial charge in [-0.1, -0.05) is 12.1 Å². The number of hydrogen-bond acceptors (Lipinski definition) is 7. The molecule has 37 heavy (non-hydrogen) atoms. The van der Waals surface area contributed by atoms with Crippen molar-refractivity contribution in [1.29, 1.82) is 0 Å². The van der Waals surface area contributed by atoms with Gasteiger partial charge in [-0.05, 0) is 62.4 Å². The highest BCUT2D eigenvalue weighted by Crippen LogP contribution is 2.33. The van der Waals surface area contributed by atoms with Gasteiger partial charge < -0.3 is 15.6 Å². The number of methoxy groups -OCH3 is 1. The second-order valence-electron chi connectivity index (χ2n) is 9.27. The van der Waals surface area contributed by atoms with E-state index in [2.05, 4.69) is 14.7 Å². The van der Waals surface area contributed by atoms with Crippen LogP contribution in [0.1, 0.15) is 31.2 Å². The van der Waals surface area contributed by atoms with Gasteiger partial charge in [-0.15, -0.1) is 0 Å². The van der Waals surface area contributed by atoms with Crippen molar-refractivity contribution in [2.75, 3.05) is 12.8 Å². The van der Waals surface area contributed by atoms with Gasteiger partial charge in [0.05, 0.1) is 35.7 Å². The molecule has 4 aromatic rings. The molecule has 0 atom stereocenters. The lowest BCUT2D eigenvalue weighted by Gasteiger charge is -2.26. The molecule has 0 radical (unpaired) electrons. The molecule has 2 aromatic heterocycles. The number of nitrogens with two attached hydrogens (primary N) is 1. The maximum Gasteiger partial charge on any atom is 0.240 e. The first kappa shape index (κ1) is 25.1. The lowest BCUT2D eigenvalue weighted by atomic mass is 9.94. The van der Waals surface area contributed by atoms with Crippen LogP contribution >= 0.6 is 0 Å². The van der Waals surface area contributed by atoms with E-state index in [1.165, 1.54) is 13.2 Å². The highest BCUT2D eigenvalue weighted by molar-refractivity contribution is 7.89. The summed E-state index contributed by atoms with van der Waals surface area (Å²) in [6, 6.07) is 9.43. The molecule has 1 aliphatic rings. The first-order valence-corrected chi connectivity index (χ1v) is 13.4. The van der Waals surface area contributed by atoms with E-state index in [-0.39, 0.29) is 39.9 Å². The molecule has 11 heteroatoms. The van der Waals surface area contributed by atoms with Gasteiger partial charge in [-0.25, -0.2) is 27.5 Å². The number of imidazole rings is 1. The molecule has 0 spiro atoms. The molecule has 2 aromatic carbocycles. The van der Waals surface area contributed by atoms with Gasteiger partial charge in [0.1, 0.15) is 0 Å². The molecule has 1 fully saturated rings. The third kappa shape index (κ3) is 4.77. The fourth-order valence-corrected chi connectivity index (χ4v) is 6.06. The van der Waals surface area contributed by atoms with Gasteiger partial charge in [0, 0.05) is 23.4 Å². The number of rotatable bonds is 6. The van der Waals surface area contributed by atoms with Gasteiger partial charge >= 0.3 is 0 Å². The monoisotopic (exact) mass is 525 g/mol. The maximum atomic E-state index is 15.0. The van der Waals surface area contributed by atoms with Crippen LogP contribution in [0.5, 0.6) is 5.75 Å². The van der Waals surface area contributed by atoms with Crippen LogP contribution in [0.3, 0.4) is 0 Å². The summed E-state index contributed by atoms with van der Waals surface area (Å²) in [7, 11) is -2.41. The van der Waals surface area contributed by atoms with E-state index in [9.17, 15) is 17.9 Å². The van der Waals surface area contributed by atoms with Crippen LogP contribution in [0.15, 0.2) is 53.7 Å². The number of nitrogens with zero attached hydrogens (tertiary/aromatic N) is 3. The Bertz CT molecular complexity index is 1580. The number of aromatic nitrogens is 3. The molecule has 0 amide bonds. The molecule has 0 saturated heterocycles. The van der Waals surface area contributed by atoms with E-state index in [0.717, 1.165) is 5.56 Å². The first-order chi connectivity index (χ1) is 17.7. The highest BCUT2D eigenvalue weighted by Gasteiger charge is 2.26. The van der Waals surface area contributed by atoms with Crippen molar-refractivity contribution in [1.82, 2.24) is 19.1 Å². The standard InChI is InChI=1S/C26H28FN5O4S/c1-15-6-11-18(37(34,35)31-16-7-9-17(33)10-8-16)12-20(15)22-13-29-26-25(28)30-21(14-32(22)26)19-4-3-5-23(36-2)24(19)27/h3-6,11-14,16-17,31,33H,7-10H2,1-2H3,(H2,28,30)/t16-,17-. The molecule has 1 aliphatic carbocycles. The van der Waals surface area contributed by atoms with Crippen molar-refractivity contribution in [2.45, 2.75) is 49.6 Å². The topological polar surface area (TPSA) is 132 Å². The van der Waals surface area contributed by atoms with Gasteiger partial charge in [-0.3, -0.25) is 4.40 Å². The molecule has 194 valence electrons. The van der Waals surface area contributed by atoms with Gasteiger partial charge in [0.25, 0.3) is 0 Å². The van der Waals surface area contributed by atoms with Crippen molar-refractivity contribution in [3.63, 3.8) is 0 Å². The third-order valence-corrected chi connectivity index (χ3v) is 8.31. The molecule has 0 unspecified atom stereocenters. The van der Waals surface area contributed by atoms with E-state index < -0.39 is 15.8 Å². The number of aliphatic hydroxyl groups is 1. The van der Waals surface area contributed by atoms with Gasteiger partial charge in [0.2, 0.25) is 10.0 Å². The Morgan fingerprint density at radius 3 is 2.65 bits per heavy atom. The fraction of sp³-hybridized carbons (Fsp3) is 0.308. The van der Waals surface area contributed by atoms with E-state index in [4.69, 9.17) is 10.5 Å². The van der Waals surface area contributed by atoms with Crippen LogP contribution in [0, 0.1) is 12.7 Å². The van der Waals surface area contributed by atoms with Gasteiger partial charge in [0.15, 0.2) is 23.0 Å². The van der Waals surface area contributed by atoms with Crippen LogP contribution < -0.4 is 15.2 Å². The number of nitrogens with one attached hydrogen (secondary N) is 1. The predicted molar refractivity (Wildman–Crippen MR) is 138 cm³/mol. The number of fused-ring (bicyclic) bond motifs is 1. The third-order valence-electron chi connectivity index (χ3n) is 6.79. The second kappa shape index (κ2) is 9.73.